The highest BCUT2D eigenvalue weighted by Gasteiger charge is 2.21. The van der Waals surface area contributed by atoms with Crippen LogP contribution in [0.1, 0.15) is 19.8 Å². The van der Waals surface area contributed by atoms with Gasteiger partial charge in [0.1, 0.15) is 6.33 Å². The summed E-state index contributed by atoms with van der Waals surface area (Å²) in [5, 5.41) is 25.8. The maximum atomic E-state index is 11.0. The quantitative estimate of drug-likeness (QED) is 0.492. The maximum absolute atomic E-state index is 11.0. The number of hydrogen-bond acceptors (Lipinski definition) is 7. The minimum absolute atomic E-state index is 0.155. The normalized spacial score (nSPS) is 11.9. The summed E-state index contributed by atoms with van der Waals surface area (Å²) in [6.07, 6.45) is 1.99. The van der Waals surface area contributed by atoms with Gasteiger partial charge in [0, 0.05) is 13.6 Å². The van der Waals surface area contributed by atoms with Crippen LogP contribution in [0.4, 0.5) is 17.3 Å². The summed E-state index contributed by atoms with van der Waals surface area (Å²) in [5.41, 5.74) is -0.189. The summed E-state index contributed by atoms with van der Waals surface area (Å²) in [7, 11) is 1.56. The van der Waals surface area contributed by atoms with E-state index in [1.807, 2.05) is 6.92 Å². The Bertz CT molecular complexity index is 412. The van der Waals surface area contributed by atoms with Crippen molar-refractivity contribution in [2.24, 2.45) is 0 Å². The third-order valence-corrected chi connectivity index (χ3v) is 2.48. The van der Waals surface area contributed by atoms with E-state index >= 15 is 0 Å². The molecular weight excluding hydrogens is 238 g/mol. The molecule has 0 aliphatic carbocycles. The van der Waals surface area contributed by atoms with Gasteiger partial charge in [-0.1, -0.05) is 6.92 Å². The molecule has 0 bridgehead atoms. The highest BCUT2D eigenvalue weighted by Crippen LogP contribution is 2.28. The topological polar surface area (TPSA) is 113 Å². The Balaban J connectivity index is 2.78. The van der Waals surface area contributed by atoms with Crippen molar-refractivity contribution in [1.82, 2.24) is 9.97 Å². The molecule has 0 spiro atoms. The standard InChI is InChI=1S/C10H17N5O3/c1-3-7(16)4-5-12-10-8(15(17)18)9(11-2)13-6-14-10/h6-7,16H,3-5H2,1-2H3,(H2,11,12,13,14). The Morgan fingerprint density at radius 2 is 2.17 bits per heavy atom. The summed E-state index contributed by atoms with van der Waals surface area (Å²) in [6.45, 7) is 2.28. The van der Waals surface area contributed by atoms with Crippen LogP contribution < -0.4 is 10.6 Å². The molecule has 0 aromatic carbocycles. The average Bonchev–Trinajstić information content (AvgIpc) is 2.37. The number of anilines is 2. The molecular formula is C10H17N5O3. The maximum Gasteiger partial charge on any atom is 0.353 e. The van der Waals surface area contributed by atoms with Crippen LogP contribution in [0.2, 0.25) is 0 Å². The minimum atomic E-state index is -0.537. The molecule has 1 atom stereocenters. The van der Waals surface area contributed by atoms with Crippen LogP contribution in [0.25, 0.3) is 0 Å². The van der Waals surface area contributed by atoms with Crippen molar-refractivity contribution in [2.75, 3.05) is 24.2 Å². The zero-order valence-corrected chi connectivity index (χ0v) is 10.4. The molecule has 0 radical (unpaired) electrons. The zero-order valence-electron chi connectivity index (χ0n) is 10.4. The lowest BCUT2D eigenvalue weighted by Crippen LogP contribution is -2.14. The Hall–Kier alpha value is -1.96. The van der Waals surface area contributed by atoms with Gasteiger partial charge in [-0.25, -0.2) is 9.97 Å². The Labute approximate surface area is 105 Å². The molecule has 0 amide bonds. The highest BCUT2D eigenvalue weighted by molar-refractivity contribution is 5.68. The van der Waals surface area contributed by atoms with Crippen molar-refractivity contribution in [1.29, 1.82) is 0 Å². The van der Waals surface area contributed by atoms with Crippen LogP contribution in [0, 0.1) is 10.1 Å². The SMILES string of the molecule is CCC(O)CCNc1ncnc(NC)c1[N+](=O)[O-]. The summed E-state index contributed by atoms with van der Waals surface area (Å²) in [4.78, 5) is 18.0. The van der Waals surface area contributed by atoms with Gasteiger partial charge in [0.2, 0.25) is 11.6 Å². The van der Waals surface area contributed by atoms with Crippen molar-refractivity contribution < 1.29 is 10.0 Å². The van der Waals surface area contributed by atoms with E-state index in [1.54, 1.807) is 7.05 Å². The van der Waals surface area contributed by atoms with Crippen molar-refractivity contribution in [2.45, 2.75) is 25.9 Å². The third kappa shape index (κ3) is 3.52. The number of aliphatic hydroxyl groups is 1. The molecule has 1 rings (SSSR count). The molecule has 0 aliphatic rings. The number of aliphatic hydroxyl groups excluding tert-OH is 1. The molecule has 0 saturated carbocycles. The van der Waals surface area contributed by atoms with Gasteiger partial charge in [-0.2, -0.15) is 0 Å². The summed E-state index contributed by atoms with van der Waals surface area (Å²) in [5.74, 6) is 0.316. The smallest absolute Gasteiger partial charge is 0.353 e. The first-order chi connectivity index (χ1) is 8.60. The number of aromatic nitrogens is 2. The van der Waals surface area contributed by atoms with Gasteiger partial charge in [-0.05, 0) is 12.8 Å². The lowest BCUT2D eigenvalue weighted by Gasteiger charge is -2.10. The van der Waals surface area contributed by atoms with Crippen LogP contribution in [0.3, 0.4) is 0 Å². The zero-order chi connectivity index (χ0) is 13.5. The van der Waals surface area contributed by atoms with E-state index in [1.165, 1.54) is 6.33 Å². The molecule has 8 heteroatoms. The van der Waals surface area contributed by atoms with Gasteiger partial charge in [0.15, 0.2) is 0 Å². The van der Waals surface area contributed by atoms with E-state index in [0.29, 0.717) is 19.4 Å². The number of nitrogens with one attached hydrogen (secondary N) is 2. The average molecular weight is 255 g/mol. The van der Waals surface area contributed by atoms with Crippen LogP contribution >= 0.6 is 0 Å². The molecule has 1 heterocycles. The molecule has 0 fully saturated rings. The van der Waals surface area contributed by atoms with Crippen LogP contribution in [0.15, 0.2) is 6.33 Å². The van der Waals surface area contributed by atoms with Gasteiger partial charge in [-0.15, -0.1) is 0 Å². The molecule has 1 aromatic heterocycles. The fraction of sp³-hybridized carbons (Fsp3) is 0.600. The van der Waals surface area contributed by atoms with Crippen molar-refractivity contribution in [3.63, 3.8) is 0 Å². The predicted octanol–water partition coefficient (Wildman–Crippen LogP) is 0.999. The van der Waals surface area contributed by atoms with Crippen LogP contribution in [-0.2, 0) is 0 Å². The third-order valence-electron chi connectivity index (χ3n) is 2.48. The fourth-order valence-electron chi connectivity index (χ4n) is 1.43. The first-order valence-electron chi connectivity index (χ1n) is 5.69. The molecule has 8 nitrogen and oxygen atoms in total. The number of nitrogens with zero attached hydrogens (tertiary/aromatic N) is 3. The van der Waals surface area contributed by atoms with Gasteiger partial charge in [0.05, 0.1) is 11.0 Å². The number of nitro groups is 1. The largest absolute Gasteiger partial charge is 0.393 e. The second kappa shape index (κ2) is 6.70. The second-order valence-corrected chi connectivity index (χ2v) is 3.70. The number of rotatable bonds is 7. The molecule has 0 saturated heterocycles. The van der Waals surface area contributed by atoms with E-state index in [2.05, 4.69) is 20.6 Å². The Kier molecular flexibility index (Phi) is 5.25. The molecule has 1 aromatic rings. The van der Waals surface area contributed by atoms with E-state index in [-0.39, 0.29) is 17.3 Å². The van der Waals surface area contributed by atoms with Crippen molar-refractivity contribution in [3.8, 4) is 0 Å². The van der Waals surface area contributed by atoms with Gasteiger partial charge in [-0.3, -0.25) is 10.1 Å². The van der Waals surface area contributed by atoms with Crippen molar-refractivity contribution in [3.05, 3.63) is 16.4 Å². The second-order valence-electron chi connectivity index (χ2n) is 3.70. The lowest BCUT2D eigenvalue weighted by atomic mass is 10.2. The van der Waals surface area contributed by atoms with E-state index in [9.17, 15) is 15.2 Å². The molecule has 18 heavy (non-hydrogen) atoms. The van der Waals surface area contributed by atoms with E-state index in [4.69, 9.17) is 0 Å². The Morgan fingerprint density at radius 3 is 2.72 bits per heavy atom. The summed E-state index contributed by atoms with van der Waals surface area (Å²) in [6, 6.07) is 0. The number of hydrogen-bond donors (Lipinski definition) is 3. The highest BCUT2D eigenvalue weighted by atomic mass is 16.6. The van der Waals surface area contributed by atoms with E-state index < -0.39 is 11.0 Å². The summed E-state index contributed by atoms with van der Waals surface area (Å²) < 4.78 is 0. The van der Waals surface area contributed by atoms with Gasteiger partial charge in [0.25, 0.3) is 0 Å². The van der Waals surface area contributed by atoms with Crippen LogP contribution in [-0.4, -0.2) is 39.7 Å². The first kappa shape index (κ1) is 14.1. The molecule has 0 aliphatic heterocycles. The molecule has 1 unspecified atom stereocenters. The predicted molar refractivity (Wildman–Crippen MR) is 67.6 cm³/mol. The lowest BCUT2D eigenvalue weighted by molar-refractivity contribution is -0.383. The van der Waals surface area contributed by atoms with Gasteiger partial charge >= 0.3 is 5.69 Å². The first-order valence-corrected chi connectivity index (χ1v) is 5.69. The summed E-state index contributed by atoms with van der Waals surface area (Å²) >= 11 is 0. The van der Waals surface area contributed by atoms with Crippen LogP contribution in [0.5, 0.6) is 0 Å². The monoisotopic (exact) mass is 255 g/mol. The fourth-order valence-corrected chi connectivity index (χ4v) is 1.43. The molecule has 3 N–H and O–H groups in total. The van der Waals surface area contributed by atoms with E-state index in [0.717, 1.165) is 0 Å². The van der Waals surface area contributed by atoms with Crippen molar-refractivity contribution >= 4 is 17.3 Å². The molecule has 100 valence electrons. The Morgan fingerprint density at radius 1 is 1.50 bits per heavy atom. The minimum Gasteiger partial charge on any atom is -0.393 e. The van der Waals surface area contributed by atoms with Gasteiger partial charge < -0.3 is 15.7 Å².